The second kappa shape index (κ2) is 5.56. The first-order chi connectivity index (χ1) is 9.52. The number of nitro groups is 1. The number of nitrogens with one attached hydrogen (secondary N) is 1. The number of nitro benzene ring substituents is 1. The lowest BCUT2D eigenvalue weighted by Gasteiger charge is -2.08. The van der Waals surface area contributed by atoms with Crippen LogP contribution in [0.25, 0.3) is 0 Å². The van der Waals surface area contributed by atoms with Crippen molar-refractivity contribution in [2.45, 2.75) is 13.5 Å². The van der Waals surface area contributed by atoms with Gasteiger partial charge in [0.05, 0.1) is 11.5 Å². The molecule has 0 saturated carbocycles. The van der Waals surface area contributed by atoms with E-state index in [2.05, 4.69) is 5.32 Å². The molecule has 0 fully saturated rings. The van der Waals surface area contributed by atoms with Crippen molar-refractivity contribution in [1.82, 2.24) is 4.57 Å². The number of hydrogen-bond acceptors (Lipinski definition) is 4. The summed E-state index contributed by atoms with van der Waals surface area (Å²) in [6.07, 6.45) is 1.67. The van der Waals surface area contributed by atoms with Crippen LogP contribution in [0.3, 0.4) is 0 Å². The number of hydrogen-bond donors (Lipinski definition) is 1. The van der Waals surface area contributed by atoms with Crippen LogP contribution in [0.1, 0.15) is 11.1 Å². The minimum absolute atomic E-state index is 0.00528. The van der Waals surface area contributed by atoms with Crippen LogP contribution in [0.4, 0.5) is 11.4 Å². The van der Waals surface area contributed by atoms with Gasteiger partial charge in [0.15, 0.2) is 0 Å². The quantitative estimate of drug-likeness (QED) is 0.684. The highest BCUT2D eigenvalue weighted by Gasteiger charge is 2.13. The van der Waals surface area contributed by atoms with E-state index in [4.69, 9.17) is 0 Å². The van der Waals surface area contributed by atoms with Gasteiger partial charge in [-0.15, -0.1) is 0 Å². The van der Waals surface area contributed by atoms with Crippen LogP contribution in [0.15, 0.2) is 41.3 Å². The highest BCUT2D eigenvalue weighted by molar-refractivity contribution is 5.62. The minimum atomic E-state index is -0.436. The molecule has 2 rings (SSSR count). The lowest BCUT2D eigenvalue weighted by molar-refractivity contribution is -0.384. The van der Waals surface area contributed by atoms with Gasteiger partial charge in [-0.2, -0.15) is 0 Å². The fourth-order valence-electron chi connectivity index (χ4n) is 2.02. The summed E-state index contributed by atoms with van der Waals surface area (Å²) in [4.78, 5) is 22.5. The van der Waals surface area contributed by atoms with Crippen LogP contribution in [-0.2, 0) is 6.54 Å². The normalized spacial score (nSPS) is 10.3. The SMILES string of the molecule is CNc1ccc(Cn2cccc(C)c2=O)cc1[N+](=O)[O-]. The lowest BCUT2D eigenvalue weighted by atomic mass is 10.1. The second-order valence-corrected chi connectivity index (χ2v) is 4.48. The van der Waals surface area contributed by atoms with Crippen molar-refractivity contribution in [2.24, 2.45) is 0 Å². The maximum absolute atomic E-state index is 11.9. The van der Waals surface area contributed by atoms with Crippen molar-refractivity contribution in [2.75, 3.05) is 12.4 Å². The molecule has 6 nitrogen and oxygen atoms in total. The Morgan fingerprint density at radius 3 is 2.75 bits per heavy atom. The Morgan fingerprint density at radius 1 is 1.35 bits per heavy atom. The number of aromatic nitrogens is 1. The highest BCUT2D eigenvalue weighted by atomic mass is 16.6. The molecule has 0 spiro atoms. The number of rotatable bonds is 4. The Labute approximate surface area is 115 Å². The first-order valence-electron chi connectivity index (χ1n) is 6.14. The Bertz CT molecular complexity index is 707. The molecular weight excluding hydrogens is 258 g/mol. The van der Waals surface area contributed by atoms with E-state index in [0.29, 0.717) is 23.4 Å². The number of anilines is 1. The summed E-state index contributed by atoms with van der Waals surface area (Å²) in [6.45, 7) is 2.05. The second-order valence-electron chi connectivity index (χ2n) is 4.48. The average Bonchev–Trinajstić information content (AvgIpc) is 2.43. The van der Waals surface area contributed by atoms with E-state index < -0.39 is 4.92 Å². The maximum atomic E-state index is 11.9. The zero-order chi connectivity index (χ0) is 14.7. The van der Waals surface area contributed by atoms with Crippen molar-refractivity contribution in [3.63, 3.8) is 0 Å². The third-order valence-corrected chi connectivity index (χ3v) is 3.09. The fraction of sp³-hybridized carbons (Fsp3) is 0.214. The zero-order valence-corrected chi connectivity index (χ0v) is 11.3. The van der Waals surface area contributed by atoms with E-state index in [0.717, 1.165) is 0 Å². The van der Waals surface area contributed by atoms with Crippen molar-refractivity contribution in [3.8, 4) is 0 Å². The zero-order valence-electron chi connectivity index (χ0n) is 11.3. The van der Waals surface area contributed by atoms with E-state index in [1.54, 1.807) is 44.4 Å². The van der Waals surface area contributed by atoms with Crippen LogP contribution in [0.5, 0.6) is 0 Å². The average molecular weight is 273 g/mol. The molecule has 0 aliphatic carbocycles. The van der Waals surface area contributed by atoms with E-state index in [1.165, 1.54) is 10.6 Å². The predicted octanol–water partition coefficient (Wildman–Crippen LogP) is 2.15. The first kappa shape index (κ1) is 13.8. The third-order valence-electron chi connectivity index (χ3n) is 3.09. The van der Waals surface area contributed by atoms with Gasteiger partial charge in [0, 0.05) is 24.9 Å². The number of benzene rings is 1. The number of pyridine rings is 1. The molecule has 1 N–H and O–H groups in total. The van der Waals surface area contributed by atoms with Crippen molar-refractivity contribution >= 4 is 11.4 Å². The van der Waals surface area contributed by atoms with Crippen molar-refractivity contribution < 1.29 is 4.92 Å². The molecule has 0 saturated heterocycles. The standard InChI is InChI=1S/C14H15N3O3/c1-10-4-3-7-16(14(10)18)9-11-5-6-12(15-2)13(8-11)17(19)20/h3-8,15H,9H2,1-2H3. The highest BCUT2D eigenvalue weighted by Crippen LogP contribution is 2.25. The summed E-state index contributed by atoms with van der Waals surface area (Å²) in [5, 5.41) is 13.8. The molecule has 20 heavy (non-hydrogen) atoms. The number of aryl methyl sites for hydroxylation is 1. The molecule has 104 valence electrons. The van der Waals surface area contributed by atoms with Gasteiger partial charge in [0.25, 0.3) is 11.2 Å². The summed E-state index contributed by atoms with van der Waals surface area (Å²) in [5.74, 6) is 0. The van der Waals surface area contributed by atoms with E-state index >= 15 is 0 Å². The molecule has 0 atom stereocenters. The van der Waals surface area contributed by atoms with Crippen LogP contribution in [-0.4, -0.2) is 16.5 Å². The molecule has 0 bridgehead atoms. The van der Waals surface area contributed by atoms with Crippen molar-refractivity contribution in [1.29, 1.82) is 0 Å². The molecule has 1 aromatic heterocycles. The summed E-state index contributed by atoms with van der Waals surface area (Å²) >= 11 is 0. The summed E-state index contributed by atoms with van der Waals surface area (Å²) < 4.78 is 1.54. The Hall–Kier alpha value is -2.63. The molecule has 6 heteroatoms. The largest absolute Gasteiger partial charge is 0.383 e. The lowest BCUT2D eigenvalue weighted by Crippen LogP contribution is -2.21. The summed E-state index contributed by atoms with van der Waals surface area (Å²) in [7, 11) is 1.63. The first-order valence-corrected chi connectivity index (χ1v) is 6.14. The van der Waals surface area contributed by atoms with Crippen LogP contribution in [0, 0.1) is 17.0 Å². The Kier molecular flexibility index (Phi) is 3.84. The van der Waals surface area contributed by atoms with E-state index in [-0.39, 0.29) is 11.2 Å². The molecule has 0 radical (unpaired) electrons. The van der Waals surface area contributed by atoms with Gasteiger partial charge in [-0.1, -0.05) is 12.1 Å². The molecule has 0 aliphatic heterocycles. The van der Waals surface area contributed by atoms with E-state index in [1.807, 2.05) is 0 Å². The molecule has 2 aromatic rings. The summed E-state index contributed by atoms with van der Waals surface area (Å²) in [6, 6.07) is 8.43. The van der Waals surface area contributed by atoms with Crippen LogP contribution >= 0.6 is 0 Å². The smallest absolute Gasteiger partial charge is 0.292 e. The molecule has 0 aliphatic rings. The number of nitrogens with zero attached hydrogens (tertiary/aromatic N) is 2. The summed E-state index contributed by atoms with van der Waals surface area (Å²) in [5.41, 5.74) is 1.73. The van der Waals surface area contributed by atoms with Gasteiger partial charge >= 0.3 is 0 Å². The minimum Gasteiger partial charge on any atom is -0.383 e. The molecule has 1 heterocycles. The Morgan fingerprint density at radius 2 is 2.10 bits per heavy atom. The van der Waals surface area contributed by atoms with E-state index in [9.17, 15) is 14.9 Å². The molecular formula is C14H15N3O3. The molecule has 0 amide bonds. The van der Waals surface area contributed by atoms with Gasteiger partial charge < -0.3 is 9.88 Å². The van der Waals surface area contributed by atoms with Gasteiger partial charge in [-0.05, 0) is 24.6 Å². The van der Waals surface area contributed by atoms with Gasteiger partial charge in [0.1, 0.15) is 5.69 Å². The van der Waals surface area contributed by atoms with Gasteiger partial charge in [-0.25, -0.2) is 0 Å². The van der Waals surface area contributed by atoms with Crippen LogP contribution < -0.4 is 10.9 Å². The third kappa shape index (κ3) is 2.69. The fourth-order valence-corrected chi connectivity index (χ4v) is 2.02. The van der Waals surface area contributed by atoms with Gasteiger partial charge in [0.2, 0.25) is 0 Å². The molecule has 1 aromatic carbocycles. The van der Waals surface area contributed by atoms with Crippen LogP contribution in [0.2, 0.25) is 0 Å². The Balaban J connectivity index is 2.39. The molecule has 0 unspecified atom stereocenters. The maximum Gasteiger partial charge on any atom is 0.292 e. The van der Waals surface area contributed by atoms with Crippen molar-refractivity contribution in [3.05, 3.63) is 68.1 Å². The topological polar surface area (TPSA) is 77.2 Å². The van der Waals surface area contributed by atoms with Gasteiger partial charge in [-0.3, -0.25) is 14.9 Å². The monoisotopic (exact) mass is 273 g/mol. The predicted molar refractivity (Wildman–Crippen MR) is 77.2 cm³/mol.